The van der Waals surface area contributed by atoms with Crippen molar-refractivity contribution in [2.45, 2.75) is 92.9 Å². The van der Waals surface area contributed by atoms with Crippen LogP contribution < -0.4 is 0 Å². The molecule has 128 valence electrons. The van der Waals surface area contributed by atoms with Crippen molar-refractivity contribution in [1.29, 1.82) is 0 Å². The fraction of sp³-hybridized carbons (Fsp3) is 0.762. The molecule has 0 rings (SSSR count). The predicted molar refractivity (Wildman–Crippen MR) is 99.1 cm³/mol. The van der Waals surface area contributed by atoms with Gasteiger partial charge in [0.25, 0.3) is 0 Å². The van der Waals surface area contributed by atoms with Gasteiger partial charge in [-0.2, -0.15) is 0 Å². The van der Waals surface area contributed by atoms with Crippen LogP contribution in [0.5, 0.6) is 0 Å². The van der Waals surface area contributed by atoms with Crippen molar-refractivity contribution in [2.24, 2.45) is 11.8 Å². The molecule has 0 aliphatic rings. The van der Waals surface area contributed by atoms with Crippen LogP contribution in [-0.2, 0) is 4.79 Å². The lowest BCUT2D eigenvalue weighted by Crippen LogP contribution is -2.00. The minimum absolute atomic E-state index is 0.207. The quantitative estimate of drug-likeness (QED) is 0.359. The molecule has 1 heteroatoms. The third-order valence-corrected chi connectivity index (χ3v) is 3.74. The normalized spacial score (nSPS) is 13.3. The lowest BCUT2D eigenvalue weighted by Gasteiger charge is -2.11. The molecule has 0 unspecified atom stereocenters. The molecule has 0 heterocycles. The van der Waals surface area contributed by atoms with E-state index in [4.69, 9.17) is 0 Å². The van der Waals surface area contributed by atoms with E-state index in [1.54, 1.807) is 0 Å². The Kier molecular flexibility index (Phi) is 12.2. The van der Waals surface area contributed by atoms with Crippen LogP contribution in [0.15, 0.2) is 23.3 Å². The number of unbranched alkanes of at least 4 members (excludes halogenated alkanes) is 2. The van der Waals surface area contributed by atoms with Crippen LogP contribution in [0.4, 0.5) is 0 Å². The summed E-state index contributed by atoms with van der Waals surface area (Å²) < 4.78 is 0. The molecule has 0 aromatic heterocycles. The number of carbonyl (C=O) groups excluding carboxylic acids is 1. The van der Waals surface area contributed by atoms with Gasteiger partial charge in [-0.15, -0.1) is 0 Å². The van der Waals surface area contributed by atoms with Gasteiger partial charge in [0, 0.05) is 0 Å². The Bertz CT molecular complexity index is 324. The summed E-state index contributed by atoms with van der Waals surface area (Å²) in [6, 6.07) is 0. The highest BCUT2D eigenvalue weighted by atomic mass is 16.1. The molecule has 0 radical (unpaired) electrons. The zero-order chi connectivity index (χ0) is 17.0. The molecule has 0 amide bonds. The fourth-order valence-electron chi connectivity index (χ4n) is 2.77. The molecule has 0 atom stereocenters. The Morgan fingerprint density at radius 2 is 1.14 bits per heavy atom. The standard InChI is InChI=1S/C21H38O/c1-7-9-11-19(13-17(3)4)15-21(22)16-20(12-10-8-2)14-18(5)6/h15-18H,7-14H2,1-6H3. The van der Waals surface area contributed by atoms with E-state index in [1.807, 2.05) is 12.2 Å². The van der Waals surface area contributed by atoms with Gasteiger partial charge in [-0.3, -0.25) is 4.79 Å². The molecule has 22 heavy (non-hydrogen) atoms. The fourth-order valence-corrected chi connectivity index (χ4v) is 2.77. The molecule has 0 aromatic rings. The first-order valence-electron chi connectivity index (χ1n) is 9.31. The topological polar surface area (TPSA) is 17.1 Å². The van der Waals surface area contributed by atoms with Crippen molar-refractivity contribution in [3.8, 4) is 0 Å². The summed E-state index contributed by atoms with van der Waals surface area (Å²) in [5, 5.41) is 0. The predicted octanol–water partition coefficient (Wildman–Crippen LogP) is 6.88. The Hall–Kier alpha value is -0.850. The highest BCUT2D eigenvalue weighted by Crippen LogP contribution is 2.20. The maximum atomic E-state index is 12.4. The van der Waals surface area contributed by atoms with E-state index in [1.165, 1.54) is 36.8 Å². The number of allylic oxidation sites excluding steroid dienone is 4. The van der Waals surface area contributed by atoms with Crippen LogP contribution in [0, 0.1) is 11.8 Å². The molecule has 0 N–H and O–H groups in total. The molecule has 0 saturated heterocycles. The van der Waals surface area contributed by atoms with Crippen LogP contribution in [0.2, 0.25) is 0 Å². The minimum Gasteiger partial charge on any atom is -0.290 e. The van der Waals surface area contributed by atoms with Crippen molar-refractivity contribution in [3.63, 3.8) is 0 Å². The van der Waals surface area contributed by atoms with Gasteiger partial charge >= 0.3 is 0 Å². The first-order chi connectivity index (χ1) is 10.4. The highest BCUT2D eigenvalue weighted by Gasteiger charge is 2.07. The van der Waals surface area contributed by atoms with E-state index in [2.05, 4.69) is 41.5 Å². The SMILES string of the molecule is CCCCC(=CC(=O)C=C(CCCC)CC(C)C)CC(C)C. The number of ketones is 1. The van der Waals surface area contributed by atoms with Crippen molar-refractivity contribution in [2.75, 3.05) is 0 Å². The third-order valence-electron chi connectivity index (χ3n) is 3.74. The van der Waals surface area contributed by atoms with E-state index in [-0.39, 0.29) is 5.78 Å². The average molecular weight is 307 g/mol. The van der Waals surface area contributed by atoms with Crippen molar-refractivity contribution in [3.05, 3.63) is 23.3 Å². The van der Waals surface area contributed by atoms with Crippen LogP contribution >= 0.6 is 0 Å². The summed E-state index contributed by atoms with van der Waals surface area (Å²) in [6.45, 7) is 13.3. The molecule has 0 aliphatic heterocycles. The molecule has 0 aromatic carbocycles. The summed E-state index contributed by atoms with van der Waals surface area (Å²) in [5.41, 5.74) is 2.66. The van der Waals surface area contributed by atoms with Gasteiger partial charge in [0.15, 0.2) is 5.78 Å². The van der Waals surface area contributed by atoms with Crippen LogP contribution in [-0.4, -0.2) is 5.78 Å². The lowest BCUT2D eigenvalue weighted by molar-refractivity contribution is -0.110. The van der Waals surface area contributed by atoms with E-state index in [9.17, 15) is 4.79 Å². The Morgan fingerprint density at radius 1 is 0.773 bits per heavy atom. The smallest absolute Gasteiger partial charge is 0.178 e. The number of rotatable bonds is 12. The Balaban J connectivity index is 4.94. The number of carbonyl (C=O) groups is 1. The summed E-state index contributed by atoms with van der Waals surface area (Å²) in [7, 11) is 0. The monoisotopic (exact) mass is 306 g/mol. The first-order valence-corrected chi connectivity index (χ1v) is 9.31. The minimum atomic E-state index is 0.207. The Morgan fingerprint density at radius 3 is 1.41 bits per heavy atom. The summed E-state index contributed by atoms with van der Waals surface area (Å²) in [6.07, 6.45) is 12.8. The summed E-state index contributed by atoms with van der Waals surface area (Å²) in [5.74, 6) is 1.45. The highest BCUT2D eigenvalue weighted by molar-refractivity contribution is 6.00. The van der Waals surface area contributed by atoms with Gasteiger partial charge in [0.05, 0.1) is 0 Å². The maximum Gasteiger partial charge on any atom is 0.178 e. The molecule has 0 spiro atoms. The molecular formula is C21H38O. The zero-order valence-electron chi connectivity index (χ0n) is 15.9. The van der Waals surface area contributed by atoms with Gasteiger partial charge in [0.1, 0.15) is 0 Å². The molecule has 0 bridgehead atoms. The second-order valence-corrected chi connectivity index (χ2v) is 7.41. The van der Waals surface area contributed by atoms with Gasteiger partial charge in [-0.1, -0.05) is 65.5 Å². The summed E-state index contributed by atoms with van der Waals surface area (Å²) in [4.78, 5) is 12.4. The molecule has 0 aliphatic carbocycles. The van der Waals surface area contributed by atoms with E-state index < -0.39 is 0 Å². The van der Waals surface area contributed by atoms with Gasteiger partial charge in [-0.25, -0.2) is 0 Å². The van der Waals surface area contributed by atoms with Crippen LogP contribution in [0.25, 0.3) is 0 Å². The molecule has 1 nitrogen and oxygen atoms in total. The second-order valence-electron chi connectivity index (χ2n) is 7.41. The van der Waals surface area contributed by atoms with Crippen LogP contribution in [0.3, 0.4) is 0 Å². The van der Waals surface area contributed by atoms with Gasteiger partial charge in [-0.05, 0) is 62.5 Å². The van der Waals surface area contributed by atoms with Crippen molar-refractivity contribution >= 4 is 5.78 Å². The largest absolute Gasteiger partial charge is 0.290 e. The van der Waals surface area contributed by atoms with Crippen molar-refractivity contribution < 1.29 is 4.79 Å². The third kappa shape index (κ3) is 11.8. The van der Waals surface area contributed by atoms with Gasteiger partial charge < -0.3 is 0 Å². The number of hydrogen-bond acceptors (Lipinski definition) is 1. The van der Waals surface area contributed by atoms with E-state index in [0.717, 1.165) is 25.7 Å². The zero-order valence-corrected chi connectivity index (χ0v) is 15.9. The molecule has 0 saturated carbocycles. The second kappa shape index (κ2) is 12.7. The maximum absolute atomic E-state index is 12.4. The van der Waals surface area contributed by atoms with E-state index in [0.29, 0.717) is 11.8 Å². The Labute approximate surface area is 139 Å². The summed E-state index contributed by atoms with van der Waals surface area (Å²) >= 11 is 0. The number of hydrogen-bond donors (Lipinski definition) is 0. The lowest BCUT2D eigenvalue weighted by atomic mass is 9.95. The average Bonchev–Trinajstić information content (AvgIpc) is 2.40. The van der Waals surface area contributed by atoms with E-state index >= 15 is 0 Å². The first kappa shape index (κ1) is 21.1. The van der Waals surface area contributed by atoms with Crippen LogP contribution in [0.1, 0.15) is 92.9 Å². The van der Waals surface area contributed by atoms with Crippen molar-refractivity contribution in [1.82, 2.24) is 0 Å². The van der Waals surface area contributed by atoms with Gasteiger partial charge in [0.2, 0.25) is 0 Å². The molecular weight excluding hydrogens is 268 g/mol. The molecule has 0 fully saturated rings.